The molecule has 9 heteroatoms. The van der Waals surface area contributed by atoms with E-state index in [1.807, 2.05) is 43.3 Å². The average molecular weight is 566 g/mol. The van der Waals surface area contributed by atoms with Gasteiger partial charge in [0.1, 0.15) is 23.4 Å². The molecule has 40 heavy (non-hydrogen) atoms. The molecule has 3 aromatic carbocycles. The number of nitrogens with one attached hydrogen (secondary N) is 2. The van der Waals surface area contributed by atoms with Gasteiger partial charge in [-0.15, -0.1) is 0 Å². The van der Waals surface area contributed by atoms with Crippen LogP contribution < -0.4 is 10.6 Å². The minimum Gasteiger partial charge on any atom is -0.508 e. The number of alkyl carbamates (subject to hydrolysis) is 1. The van der Waals surface area contributed by atoms with Crippen molar-refractivity contribution >= 4 is 35.2 Å². The molecule has 0 radical (unpaired) electrons. The van der Waals surface area contributed by atoms with E-state index in [9.17, 15) is 19.5 Å². The van der Waals surface area contributed by atoms with Crippen LogP contribution in [0.5, 0.6) is 5.75 Å². The Hall–Kier alpha value is -4.04. The van der Waals surface area contributed by atoms with Gasteiger partial charge >= 0.3 is 6.09 Å². The maximum atomic E-state index is 14.2. The van der Waals surface area contributed by atoms with E-state index in [2.05, 4.69) is 10.6 Å². The number of likely N-dealkylation sites (N-methyl/N-ethyl adjacent to an activating group) is 1. The number of ether oxygens (including phenoxy) is 1. The Morgan fingerprint density at radius 3 is 2.27 bits per heavy atom. The van der Waals surface area contributed by atoms with Gasteiger partial charge in [-0.25, -0.2) is 4.79 Å². The molecule has 2 unspecified atom stereocenters. The van der Waals surface area contributed by atoms with Gasteiger partial charge in [-0.05, 0) is 69.5 Å². The molecule has 0 saturated carbocycles. The summed E-state index contributed by atoms with van der Waals surface area (Å²) < 4.78 is 5.44. The Morgan fingerprint density at radius 2 is 1.68 bits per heavy atom. The van der Waals surface area contributed by atoms with Gasteiger partial charge in [0.2, 0.25) is 5.91 Å². The standard InChI is InChI=1S/C31H36ClN3O5/c1-6-35(29(38)25(18-21-13-8-7-9-14-21)33-30(39)40-31(3,4)5)27(22-15-11-16-23(36)19-22)28(37)34-26-20(2)12-10-17-24(26)32/h7-17,19,25,27,36H,6,18H2,1-5H3,(H,33,39)(H,34,37). The highest BCUT2D eigenvalue weighted by atomic mass is 35.5. The Balaban J connectivity index is 2.02. The summed E-state index contributed by atoms with van der Waals surface area (Å²) in [5, 5.41) is 16.1. The molecule has 212 valence electrons. The Kier molecular flexibility index (Phi) is 10.2. The van der Waals surface area contributed by atoms with Gasteiger partial charge < -0.3 is 25.4 Å². The lowest BCUT2D eigenvalue weighted by atomic mass is 10.00. The number of hydrogen-bond acceptors (Lipinski definition) is 5. The smallest absolute Gasteiger partial charge is 0.408 e. The topological polar surface area (TPSA) is 108 Å². The maximum Gasteiger partial charge on any atom is 0.408 e. The molecule has 0 heterocycles. The molecule has 0 aliphatic rings. The fraction of sp³-hybridized carbons (Fsp3) is 0.323. The lowest BCUT2D eigenvalue weighted by Crippen LogP contribution is -2.53. The van der Waals surface area contributed by atoms with Gasteiger partial charge in [0, 0.05) is 13.0 Å². The molecular weight excluding hydrogens is 530 g/mol. The van der Waals surface area contributed by atoms with Gasteiger partial charge in [0.15, 0.2) is 0 Å². The first-order valence-electron chi connectivity index (χ1n) is 13.1. The van der Waals surface area contributed by atoms with Crippen molar-refractivity contribution in [1.82, 2.24) is 10.2 Å². The number of amides is 3. The van der Waals surface area contributed by atoms with Gasteiger partial charge in [0.25, 0.3) is 5.91 Å². The number of phenolic OH excluding ortho intramolecular Hbond substituents is 1. The van der Waals surface area contributed by atoms with Crippen LogP contribution in [0.2, 0.25) is 5.02 Å². The number of benzene rings is 3. The van der Waals surface area contributed by atoms with E-state index >= 15 is 0 Å². The molecular formula is C31H36ClN3O5. The minimum atomic E-state index is -1.14. The fourth-order valence-corrected chi connectivity index (χ4v) is 4.58. The van der Waals surface area contributed by atoms with Crippen molar-refractivity contribution < 1.29 is 24.2 Å². The van der Waals surface area contributed by atoms with Crippen LogP contribution in [0.1, 0.15) is 50.4 Å². The van der Waals surface area contributed by atoms with E-state index in [1.165, 1.54) is 17.0 Å². The molecule has 0 fully saturated rings. The normalized spacial score (nSPS) is 12.7. The second kappa shape index (κ2) is 13.3. The van der Waals surface area contributed by atoms with Crippen molar-refractivity contribution in [2.45, 2.75) is 58.7 Å². The van der Waals surface area contributed by atoms with E-state index in [1.54, 1.807) is 52.0 Å². The largest absolute Gasteiger partial charge is 0.508 e. The van der Waals surface area contributed by atoms with Crippen molar-refractivity contribution in [3.63, 3.8) is 0 Å². The van der Waals surface area contributed by atoms with Crippen LogP contribution in [-0.4, -0.2) is 46.1 Å². The quantitative estimate of drug-likeness (QED) is 0.294. The van der Waals surface area contributed by atoms with Crippen LogP contribution in [0.4, 0.5) is 10.5 Å². The summed E-state index contributed by atoms with van der Waals surface area (Å²) in [5.74, 6) is -1.07. The third-order valence-electron chi connectivity index (χ3n) is 6.11. The number of carbonyl (C=O) groups excluding carboxylic acids is 3. The third-order valence-corrected chi connectivity index (χ3v) is 6.43. The number of hydrogen-bond donors (Lipinski definition) is 3. The van der Waals surface area contributed by atoms with Crippen LogP contribution in [0, 0.1) is 6.92 Å². The Morgan fingerprint density at radius 1 is 1.00 bits per heavy atom. The van der Waals surface area contributed by atoms with Gasteiger partial charge in [-0.1, -0.05) is 66.2 Å². The first-order valence-corrected chi connectivity index (χ1v) is 13.5. The van der Waals surface area contributed by atoms with Gasteiger partial charge in [-0.3, -0.25) is 9.59 Å². The van der Waals surface area contributed by atoms with E-state index in [0.29, 0.717) is 16.3 Å². The number of aromatic hydroxyl groups is 1. The lowest BCUT2D eigenvalue weighted by molar-refractivity contribution is -0.140. The molecule has 8 nitrogen and oxygen atoms in total. The highest BCUT2D eigenvalue weighted by molar-refractivity contribution is 6.34. The number of nitrogens with zero attached hydrogens (tertiary/aromatic N) is 1. The highest BCUT2D eigenvalue weighted by Crippen LogP contribution is 2.30. The first-order chi connectivity index (χ1) is 18.9. The summed E-state index contributed by atoms with van der Waals surface area (Å²) in [6, 6.07) is 18.5. The molecule has 0 bridgehead atoms. The second-order valence-electron chi connectivity index (χ2n) is 10.4. The van der Waals surface area contributed by atoms with Gasteiger partial charge in [-0.2, -0.15) is 0 Å². The summed E-state index contributed by atoms with van der Waals surface area (Å²) in [7, 11) is 0. The van der Waals surface area contributed by atoms with Crippen molar-refractivity contribution in [2.75, 3.05) is 11.9 Å². The molecule has 2 atom stereocenters. The Labute approximate surface area is 240 Å². The first kappa shape index (κ1) is 30.5. The zero-order valence-corrected chi connectivity index (χ0v) is 24.2. The summed E-state index contributed by atoms with van der Waals surface area (Å²) in [6.07, 6.45) is -0.573. The number of halogens is 1. The SMILES string of the molecule is CCN(C(=O)C(Cc1ccccc1)NC(=O)OC(C)(C)C)C(C(=O)Nc1c(C)cccc1Cl)c1cccc(O)c1. The molecule has 3 aromatic rings. The summed E-state index contributed by atoms with van der Waals surface area (Å²) in [6.45, 7) is 8.89. The molecule has 0 aliphatic heterocycles. The predicted molar refractivity (Wildman–Crippen MR) is 156 cm³/mol. The second-order valence-corrected chi connectivity index (χ2v) is 10.8. The molecule has 0 aromatic heterocycles. The van der Waals surface area contributed by atoms with Crippen LogP contribution in [0.3, 0.4) is 0 Å². The summed E-state index contributed by atoms with van der Waals surface area (Å²) >= 11 is 6.38. The van der Waals surface area contributed by atoms with Crippen molar-refractivity contribution in [3.05, 3.63) is 94.5 Å². The predicted octanol–water partition coefficient (Wildman–Crippen LogP) is 6.02. The summed E-state index contributed by atoms with van der Waals surface area (Å²) in [4.78, 5) is 42.2. The van der Waals surface area contributed by atoms with Gasteiger partial charge in [0.05, 0.1) is 10.7 Å². The van der Waals surface area contributed by atoms with Crippen molar-refractivity contribution in [3.8, 4) is 5.75 Å². The Bertz CT molecular complexity index is 1320. The van der Waals surface area contributed by atoms with E-state index in [0.717, 1.165) is 11.1 Å². The van der Waals surface area contributed by atoms with Crippen LogP contribution in [0.25, 0.3) is 0 Å². The van der Waals surface area contributed by atoms with E-state index in [-0.39, 0.29) is 18.7 Å². The summed E-state index contributed by atoms with van der Waals surface area (Å²) in [5.41, 5.74) is 1.62. The van der Waals surface area contributed by atoms with Crippen LogP contribution in [-0.2, 0) is 20.7 Å². The molecule has 0 saturated heterocycles. The molecule has 3 rings (SSSR count). The maximum absolute atomic E-state index is 14.2. The van der Waals surface area contributed by atoms with Crippen LogP contribution in [0.15, 0.2) is 72.8 Å². The highest BCUT2D eigenvalue weighted by Gasteiger charge is 2.36. The molecule has 0 spiro atoms. The zero-order valence-electron chi connectivity index (χ0n) is 23.4. The van der Waals surface area contributed by atoms with Crippen molar-refractivity contribution in [1.29, 1.82) is 0 Å². The van der Waals surface area contributed by atoms with Crippen molar-refractivity contribution in [2.24, 2.45) is 0 Å². The number of carbonyl (C=O) groups is 3. The van der Waals surface area contributed by atoms with E-state index in [4.69, 9.17) is 16.3 Å². The third kappa shape index (κ3) is 8.23. The zero-order chi connectivity index (χ0) is 29.4. The van der Waals surface area contributed by atoms with Crippen LogP contribution >= 0.6 is 11.6 Å². The minimum absolute atomic E-state index is 0.0551. The number of phenols is 1. The average Bonchev–Trinajstić information content (AvgIpc) is 2.88. The monoisotopic (exact) mass is 565 g/mol. The number of rotatable bonds is 9. The fourth-order valence-electron chi connectivity index (χ4n) is 4.32. The molecule has 3 N–H and O–H groups in total. The molecule has 0 aliphatic carbocycles. The number of anilines is 1. The lowest BCUT2D eigenvalue weighted by Gasteiger charge is -2.34. The van der Waals surface area contributed by atoms with E-state index < -0.39 is 35.6 Å². The molecule has 3 amide bonds. The number of aryl methyl sites for hydroxylation is 1. The number of para-hydroxylation sites is 1.